The SMILES string of the molecule is CCCCC/C=C/C=C/CNC=O.[HH]. The summed E-state index contributed by atoms with van der Waals surface area (Å²) in [6.07, 6.45) is 13.8. The first kappa shape index (κ1) is 11.9. The Labute approximate surface area is 82.2 Å². The first-order chi connectivity index (χ1) is 6.41. The van der Waals surface area contributed by atoms with Gasteiger partial charge in [0.05, 0.1) is 0 Å². The number of rotatable bonds is 8. The highest BCUT2D eigenvalue weighted by molar-refractivity contribution is 5.46. The Balaban J connectivity index is 0. The molecule has 0 heterocycles. The lowest BCUT2D eigenvalue weighted by atomic mass is 10.2. The molecular weight excluding hydrogens is 162 g/mol. The second-order valence-electron chi connectivity index (χ2n) is 2.88. The first-order valence-corrected chi connectivity index (χ1v) is 4.90. The van der Waals surface area contributed by atoms with Crippen LogP contribution in [0.15, 0.2) is 24.3 Å². The third kappa shape index (κ3) is 10.9. The van der Waals surface area contributed by atoms with Crippen LogP contribution in [-0.2, 0) is 4.79 Å². The van der Waals surface area contributed by atoms with Crippen molar-refractivity contribution in [2.75, 3.05) is 6.54 Å². The van der Waals surface area contributed by atoms with Gasteiger partial charge in [-0.1, -0.05) is 44.1 Å². The normalized spacial score (nSPS) is 11.2. The van der Waals surface area contributed by atoms with Crippen LogP contribution in [0.4, 0.5) is 0 Å². The molecule has 0 aromatic heterocycles. The van der Waals surface area contributed by atoms with Crippen LogP contribution < -0.4 is 5.32 Å². The predicted octanol–water partition coefficient (Wildman–Crippen LogP) is 2.67. The van der Waals surface area contributed by atoms with Gasteiger partial charge in [-0.2, -0.15) is 0 Å². The largest absolute Gasteiger partial charge is 0.355 e. The molecule has 0 aliphatic rings. The number of carbonyl (C=O) groups is 1. The first-order valence-electron chi connectivity index (χ1n) is 4.90. The van der Waals surface area contributed by atoms with Crippen LogP contribution in [-0.4, -0.2) is 13.0 Å². The summed E-state index contributed by atoms with van der Waals surface area (Å²) in [5.41, 5.74) is 0. The molecular formula is C11H21NO. The van der Waals surface area contributed by atoms with Gasteiger partial charge in [0.25, 0.3) is 0 Å². The summed E-state index contributed by atoms with van der Waals surface area (Å²) in [7, 11) is 0. The van der Waals surface area contributed by atoms with Crippen LogP contribution >= 0.6 is 0 Å². The van der Waals surface area contributed by atoms with E-state index in [9.17, 15) is 4.79 Å². The minimum atomic E-state index is 0. The molecule has 1 amide bonds. The van der Waals surface area contributed by atoms with Gasteiger partial charge in [0.2, 0.25) is 6.41 Å². The minimum Gasteiger partial charge on any atom is -0.355 e. The Morgan fingerprint density at radius 1 is 1.23 bits per heavy atom. The van der Waals surface area contributed by atoms with E-state index in [2.05, 4.69) is 18.3 Å². The van der Waals surface area contributed by atoms with E-state index in [1.165, 1.54) is 19.3 Å². The van der Waals surface area contributed by atoms with Crippen molar-refractivity contribution in [1.82, 2.24) is 5.32 Å². The van der Waals surface area contributed by atoms with E-state index < -0.39 is 0 Å². The van der Waals surface area contributed by atoms with Crippen molar-refractivity contribution in [2.45, 2.75) is 32.6 Å². The molecule has 0 aromatic carbocycles. The molecule has 0 rings (SSSR count). The number of carbonyl (C=O) groups excluding carboxylic acids is 1. The maximum atomic E-state index is 9.85. The van der Waals surface area contributed by atoms with Crippen molar-refractivity contribution in [3.8, 4) is 0 Å². The zero-order chi connectivity index (χ0) is 9.78. The molecule has 0 aromatic rings. The lowest BCUT2D eigenvalue weighted by Gasteiger charge is -1.90. The van der Waals surface area contributed by atoms with Gasteiger partial charge in [0.1, 0.15) is 0 Å². The van der Waals surface area contributed by atoms with Crippen LogP contribution in [0.3, 0.4) is 0 Å². The number of nitrogens with one attached hydrogen (secondary N) is 1. The second kappa shape index (κ2) is 11.0. The summed E-state index contributed by atoms with van der Waals surface area (Å²) in [6.45, 7) is 2.82. The van der Waals surface area contributed by atoms with Crippen LogP contribution in [0.2, 0.25) is 0 Å². The molecule has 0 aliphatic heterocycles. The molecule has 76 valence electrons. The highest BCUT2D eigenvalue weighted by Crippen LogP contribution is 1.99. The molecule has 2 nitrogen and oxygen atoms in total. The van der Waals surface area contributed by atoms with Gasteiger partial charge in [0, 0.05) is 7.97 Å². The van der Waals surface area contributed by atoms with Crippen molar-refractivity contribution in [2.24, 2.45) is 0 Å². The van der Waals surface area contributed by atoms with Gasteiger partial charge in [-0.15, -0.1) is 0 Å². The molecule has 0 unspecified atom stereocenters. The molecule has 0 fully saturated rings. The van der Waals surface area contributed by atoms with Crippen LogP contribution in [0.25, 0.3) is 0 Å². The van der Waals surface area contributed by atoms with Crippen LogP contribution in [0.1, 0.15) is 34.0 Å². The van der Waals surface area contributed by atoms with Crippen LogP contribution in [0.5, 0.6) is 0 Å². The van der Waals surface area contributed by atoms with Gasteiger partial charge < -0.3 is 5.32 Å². The van der Waals surface area contributed by atoms with E-state index in [4.69, 9.17) is 0 Å². The summed E-state index contributed by atoms with van der Waals surface area (Å²) < 4.78 is 0. The van der Waals surface area contributed by atoms with Gasteiger partial charge in [0.15, 0.2) is 0 Å². The van der Waals surface area contributed by atoms with Gasteiger partial charge >= 0.3 is 0 Å². The zero-order valence-corrected chi connectivity index (χ0v) is 8.33. The number of hydrogen-bond donors (Lipinski definition) is 1. The molecule has 0 aliphatic carbocycles. The quantitative estimate of drug-likeness (QED) is 0.350. The number of amides is 1. The molecule has 0 spiro atoms. The van der Waals surface area contributed by atoms with Crippen LogP contribution in [0, 0.1) is 0 Å². The Bertz CT molecular complexity index is 167. The lowest BCUT2D eigenvalue weighted by molar-refractivity contribution is -0.109. The van der Waals surface area contributed by atoms with Crippen molar-refractivity contribution in [1.29, 1.82) is 0 Å². The molecule has 0 saturated carbocycles. The molecule has 0 bridgehead atoms. The van der Waals surface area contributed by atoms with E-state index in [1.807, 2.05) is 18.2 Å². The van der Waals surface area contributed by atoms with Gasteiger partial charge in [-0.25, -0.2) is 0 Å². The molecule has 0 saturated heterocycles. The summed E-state index contributed by atoms with van der Waals surface area (Å²) >= 11 is 0. The molecule has 0 atom stereocenters. The highest BCUT2D eigenvalue weighted by atomic mass is 16.1. The topological polar surface area (TPSA) is 29.1 Å². The van der Waals surface area contributed by atoms with E-state index in [1.54, 1.807) is 0 Å². The summed E-state index contributed by atoms with van der Waals surface area (Å²) in [4.78, 5) is 9.85. The maximum absolute atomic E-state index is 9.85. The number of hydrogen-bond acceptors (Lipinski definition) is 1. The Kier molecular flexibility index (Phi) is 10.1. The maximum Gasteiger partial charge on any atom is 0.207 e. The van der Waals surface area contributed by atoms with Crippen molar-refractivity contribution < 1.29 is 6.22 Å². The van der Waals surface area contributed by atoms with E-state index in [0.717, 1.165) is 6.42 Å². The predicted molar refractivity (Wildman–Crippen MR) is 58.6 cm³/mol. The lowest BCUT2D eigenvalue weighted by Crippen LogP contribution is -2.08. The Hall–Kier alpha value is -1.05. The summed E-state index contributed by atoms with van der Waals surface area (Å²) in [5, 5.41) is 2.56. The standard InChI is InChI=1S/C11H19NO.H2/c1-2-3-4-5-6-7-8-9-10-12-11-13;/h6-9,11H,2-5,10H2,1H3,(H,12,13);1H/b7-6+,9-8+;. The monoisotopic (exact) mass is 183 g/mol. The fourth-order valence-corrected chi connectivity index (χ4v) is 0.950. The smallest absolute Gasteiger partial charge is 0.207 e. The fraction of sp³-hybridized carbons (Fsp3) is 0.545. The third-order valence-electron chi connectivity index (χ3n) is 1.68. The Morgan fingerprint density at radius 3 is 2.69 bits per heavy atom. The molecule has 13 heavy (non-hydrogen) atoms. The van der Waals surface area contributed by atoms with Crippen molar-refractivity contribution in [3.05, 3.63) is 24.3 Å². The zero-order valence-electron chi connectivity index (χ0n) is 8.33. The van der Waals surface area contributed by atoms with Crippen molar-refractivity contribution in [3.63, 3.8) is 0 Å². The highest BCUT2D eigenvalue weighted by Gasteiger charge is 1.79. The number of unbranched alkanes of at least 4 members (excludes halogenated alkanes) is 3. The average molecular weight is 183 g/mol. The van der Waals surface area contributed by atoms with Crippen molar-refractivity contribution >= 4 is 6.41 Å². The van der Waals surface area contributed by atoms with E-state index in [0.29, 0.717) is 13.0 Å². The molecule has 1 N–H and O–H groups in total. The fourth-order valence-electron chi connectivity index (χ4n) is 0.950. The van der Waals surface area contributed by atoms with Gasteiger partial charge in [-0.3, -0.25) is 4.79 Å². The summed E-state index contributed by atoms with van der Waals surface area (Å²) in [5.74, 6) is 0. The number of allylic oxidation sites excluding steroid dienone is 3. The van der Waals surface area contributed by atoms with E-state index >= 15 is 0 Å². The molecule has 2 heteroatoms. The Morgan fingerprint density at radius 2 is 2.00 bits per heavy atom. The average Bonchev–Trinajstić information content (AvgIpc) is 2.16. The minimum absolute atomic E-state index is 0. The van der Waals surface area contributed by atoms with Gasteiger partial charge in [-0.05, 0) is 12.8 Å². The molecule has 0 radical (unpaired) electrons. The third-order valence-corrected chi connectivity index (χ3v) is 1.68. The van der Waals surface area contributed by atoms with E-state index in [-0.39, 0.29) is 1.43 Å². The summed E-state index contributed by atoms with van der Waals surface area (Å²) in [6, 6.07) is 0. The second-order valence-corrected chi connectivity index (χ2v) is 2.88.